The fourth-order valence-electron chi connectivity index (χ4n) is 6.15. The van der Waals surface area contributed by atoms with Crippen LogP contribution in [0, 0.1) is 6.92 Å². The van der Waals surface area contributed by atoms with Gasteiger partial charge in [-0.05, 0) is 71.8 Å². The maximum Gasteiger partial charge on any atom is 0.0562 e. The normalized spacial score (nSPS) is 11.9. The fraction of sp³-hybridized carbons (Fsp3) is 0.0286. The van der Waals surface area contributed by atoms with Crippen LogP contribution in [0.25, 0.3) is 65.8 Å². The van der Waals surface area contributed by atoms with Crippen LogP contribution in [-0.2, 0) is 0 Å². The molecule has 2 heterocycles. The summed E-state index contributed by atoms with van der Waals surface area (Å²) in [6, 6.07) is 46.4. The second kappa shape index (κ2) is 7.59. The lowest BCUT2D eigenvalue weighted by Gasteiger charge is -2.10. The van der Waals surface area contributed by atoms with E-state index in [0.29, 0.717) is 0 Å². The molecule has 0 radical (unpaired) electrons. The molecule has 0 aliphatic rings. The van der Waals surface area contributed by atoms with Gasteiger partial charge in [0.1, 0.15) is 0 Å². The Morgan fingerprint density at radius 1 is 0.405 bits per heavy atom. The van der Waals surface area contributed by atoms with Gasteiger partial charge in [-0.25, -0.2) is 0 Å². The number of fused-ring (bicyclic) bond motifs is 8. The van der Waals surface area contributed by atoms with Gasteiger partial charge in [0, 0.05) is 32.9 Å². The summed E-state index contributed by atoms with van der Waals surface area (Å²) in [6.07, 6.45) is 0. The molecule has 0 saturated carbocycles. The van der Waals surface area contributed by atoms with Gasteiger partial charge in [0.05, 0.1) is 22.1 Å². The Morgan fingerprint density at radius 3 is 1.97 bits per heavy atom. The van der Waals surface area contributed by atoms with Gasteiger partial charge < -0.3 is 9.13 Å². The first-order chi connectivity index (χ1) is 18.3. The highest BCUT2D eigenvalue weighted by atomic mass is 15.0. The zero-order valence-electron chi connectivity index (χ0n) is 20.5. The van der Waals surface area contributed by atoms with E-state index in [1.54, 1.807) is 0 Å². The van der Waals surface area contributed by atoms with E-state index in [9.17, 15) is 0 Å². The number of rotatable bonds is 2. The third-order valence-corrected chi connectivity index (χ3v) is 7.72. The summed E-state index contributed by atoms with van der Waals surface area (Å²) in [5.41, 5.74) is 8.54. The summed E-state index contributed by atoms with van der Waals surface area (Å²) in [6.45, 7) is 2.16. The van der Waals surface area contributed by atoms with Crippen LogP contribution in [0.5, 0.6) is 0 Å². The molecule has 0 unspecified atom stereocenters. The predicted octanol–water partition coefficient (Wildman–Crippen LogP) is 9.34. The molecule has 0 fully saturated rings. The lowest BCUT2D eigenvalue weighted by molar-refractivity contribution is 1.16. The number of hydrogen-bond acceptors (Lipinski definition) is 0. The summed E-state index contributed by atoms with van der Waals surface area (Å²) in [4.78, 5) is 0. The van der Waals surface area contributed by atoms with Crippen LogP contribution in [0.3, 0.4) is 0 Å². The Bertz CT molecular complexity index is 2140. The molecule has 0 saturated heterocycles. The van der Waals surface area contributed by atoms with Crippen molar-refractivity contribution in [2.24, 2.45) is 0 Å². The van der Waals surface area contributed by atoms with Crippen molar-refractivity contribution in [3.63, 3.8) is 0 Å². The topological polar surface area (TPSA) is 9.86 Å². The number of benzene rings is 6. The molecule has 0 spiro atoms. The molecule has 2 aromatic heterocycles. The Labute approximate surface area is 214 Å². The molecule has 37 heavy (non-hydrogen) atoms. The smallest absolute Gasteiger partial charge is 0.0562 e. The van der Waals surface area contributed by atoms with Gasteiger partial charge in [0.25, 0.3) is 0 Å². The van der Waals surface area contributed by atoms with Gasteiger partial charge in [-0.3, -0.25) is 0 Å². The standard InChI is InChI=1S/C35H24N2/c1-23-10-9-14-26(20-23)37-31-17-8-7-16-28(31)29-21-30-34(22-33(29)37)36(25-12-3-2-4-13-25)32-19-18-24-11-5-6-15-27(24)35(30)32/h2-22H,1H3. The number of hydrogen-bond donors (Lipinski definition) is 0. The first-order valence-corrected chi connectivity index (χ1v) is 12.8. The Kier molecular flexibility index (Phi) is 4.18. The minimum absolute atomic E-state index is 1.18. The Hall–Kier alpha value is -4.82. The molecule has 2 heteroatoms. The van der Waals surface area contributed by atoms with Crippen molar-refractivity contribution < 1.29 is 0 Å². The number of para-hydroxylation sites is 2. The molecule has 0 atom stereocenters. The average Bonchev–Trinajstić information content (AvgIpc) is 3.44. The molecule has 6 aromatic carbocycles. The molecule has 0 aliphatic heterocycles. The lowest BCUT2D eigenvalue weighted by Crippen LogP contribution is -1.96. The first-order valence-electron chi connectivity index (χ1n) is 12.8. The van der Waals surface area contributed by atoms with Crippen LogP contribution >= 0.6 is 0 Å². The quantitative estimate of drug-likeness (QED) is 0.237. The second-order valence-corrected chi connectivity index (χ2v) is 9.93. The molecule has 2 nitrogen and oxygen atoms in total. The zero-order chi connectivity index (χ0) is 24.5. The third-order valence-electron chi connectivity index (χ3n) is 7.72. The summed E-state index contributed by atoms with van der Waals surface area (Å²) in [7, 11) is 0. The third kappa shape index (κ3) is 2.87. The van der Waals surface area contributed by atoms with Crippen molar-refractivity contribution in [2.45, 2.75) is 6.92 Å². The molecule has 0 N–H and O–H groups in total. The van der Waals surface area contributed by atoms with Crippen LogP contribution in [0.15, 0.2) is 127 Å². The molecular formula is C35H24N2. The summed E-state index contributed by atoms with van der Waals surface area (Å²) < 4.78 is 4.84. The van der Waals surface area contributed by atoms with Crippen LogP contribution in [-0.4, -0.2) is 9.13 Å². The largest absolute Gasteiger partial charge is 0.309 e. The summed E-state index contributed by atoms with van der Waals surface area (Å²) in [5.74, 6) is 0. The number of nitrogens with zero attached hydrogens (tertiary/aromatic N) is 2. The minimum atomic E-state index is 1.18. The zero-order valence-corrected chi connectivity index (χ0v) is 20.5. The van der Waals surface area contributed by atoms with Gasteiger partial charge in [-0.2, -0.15) is 0 Å². The molecule has 174 valence electrons. The molecule has 8 rings (SSSR count). The van der Waals surface area contributed by atoms with E-state index in [-0.39, 0.29) is 0 Å². The van der Waals surface area contributed by atoms with E-state index >= 15 is 0 Å². The predicted molar refractivity (Wildman–Crippen MR) is 157 cm³/mol. The molecule has 8 aromatic rings. The lowest BCUT2D eigenvalue weighted by atomic mass is 10.0. The van der Waals surface area contributed by atoms with E-state index < -0.39 is 0 Å². The van der Waals surface area contributed by atoms with Crippen molar-refractivity contribution >= 4 is 54.4 Å². The fourth-order valence-corrected chi connectivity index (χ4v) is 6.15. The van der Waals surface area contributed by atoms with Crippen LogP contribution in [0.1, 0.15) is 5.56 Å². The van der Waals surface area contributed by atoms with Crippen molar-refractivity contribution in [3.8, 4) is 11.4 Å². The summed E-state index contributed by atoms with van der Waals surface area (Å²) >= 11 is 0. The maximum atomic E-state index is 2.43. The maximum absolute atomic E-state index is 2.43. The molecular weight excluding hydrogens is 448 g/mol. The van der Waals surface area contributed by atoms with E-state index in [0.717, 1.165) is 0 Å². The van der Waals surface area contributed by atoms with Gasteiger partial charge in [0.15, 0.2) is 0 Å². The highest BCUT2D eigenvalue weighted by Crippen LogP contribution is 2.41. The average molecular weight is 473 g/mol. The molecule has 0 bridgehead atoms. The van der Waals surface area contributed by atoms with Gasteiger partial charge in [0.2, 0.25) is 0 Å². The van der Waals surface area contributed by atoms with Crippen LogP contribution in [0.2, 0.25) is 0 Å². The Balaban J connectivity index is 1.63. The van der Waals surface area contributed by atoms with Crippen molar-refractivity contribution in [3.05, 3.63) is 133 Å². The number of aromatic nitrogens is 2. The van der Waals surface area contributed by atoms with E-state index in [1.807, 2.05) is 0 Å². The second-order valence-electron chi connectivity index (χ2n) is 9.93. The number of aryl methyl sites for hydroxylation is 1. The van der Waals surface area contributed by atoms with E-state index in [2.05, 4.69) is 143 Å². The highest BCUT2D eigenvalue weighted by molar-refractivity contribution is 6.25. The van der Waals surface area contributed by atoms with Crippen molar-refractivity contribution in [1.82, 2.24) is 9.13 Å². The van der Waals surface area contributed by atoms with Gasteiger partial charge >= 0.3 is 0 Å². The first kappa shape index (κ1) is 20.4. The SMILES string of the molecule is Cc1cccc(-n2c3ccccc3c3cc4c5c6ccccc6ccc5n(-c5ccccc5)c4cc32)c1. The van der Waals surface area contributed by atoms with E-state index in [4.69, 9.17) is 0 Å². The van der Waals surface area contributed by atoms with E-state index in [1.165, 1.54) is 71.3 Å². The van der Waals surface area contributed by atoms with Crippen LogP contribution in [0.4, 0.5) is 0 Å². The van der Waals surface area contributed by atoms with Gasteiger partial charge in [-0.15, -0.1) is 0 Å². The highest BCUT2D eigenvalue weighted by Gasteiger charge is 2.19. The monoisotopic (exact) mass is 472 g/mol. The summed E-state index contributed by atoms with van der Waals surface area (Å²) in [5, 5.41) is 7.72. The molecule has 0 aliphatic carbocycles. The Morgan fingerprint density at radius 2 is 1.11 bits per heavy atom. The molecule has 0 amide bonds. The van der Waals surface area contributed by atoms with Crippen molar-refractivity contribution in [2.75, 3.05) is 0 Å². The van der Waals surface area contributed by atoms with Gasteiger partial charge in [-0.1, -0.05) is 78.9 Å². The van der Waals surface area contributed by atoms with Crippen molar-refractivity contribution in [1.29, 1.82) is 0 Å². The van der Waals surface area contributed by atoms with Crippen LogP contribution < -0.4 is 0 Å². The minimum Gasteiger partial charge on any atom is -0.309 e.